The van der Waals surface area contributed by atoms with Crippen LogP contribution in [0.3, 0.4) is 0 Å². The van der Waals surface area contributed by atoms with Crippen molar-refractivity contribution in [1.29, 1.82) is 0 Å². The quantitative estimate of drug-likeness (QED) is 0.317. The predicted octanol–water partition coefficient (Wildman–Crippen LogP) is -0.200. The van der Waals surface area contributed by atoms with E-state index in [1.54, 1.807) is 12.1 Å². The van der Waals surface area contributed by atoms with Crippen molar-refractivity contribution in [2.45, 2.75) is 38.3 Å². The molecule has 0 aliphatic heterocycles. The summed E-state index contributed by atoms with van der Waals surface area (Å²) in [5.41, 5.74) is 5.72. The summed E-state index contributed by atoms with van der Waals surface area (Å²) in [7, 11) is 0. The molecule has 0 aliphatic carbocycles. The van der Waals surface area contributed by atoms with Gasteiger partial charge in [-0.3, -0.25) is 19.2 Å². The van der Waals surface area contributed by atoms with Gasteiger partial charge < -0.3 is 31.2 Å². The summed E-state index contributed by atoms with van der Waals surface area (Å²) < 4.78 is 5.50. The number of amides is 4. The van der Waals surface area contributed by atoms with Crippen LogP contribution >= 0.6 is 0 Å². The first-order valence-corrected chi connectivity index (χ1v) is 9.56. The molecule has 0 saturated heterocycles. The van der Waals surface area contributed by atoms with E-state index in [9.17, 15) is 19.2 Å². The Kier molecular flexibility index (Phi) is 8.36. The normalized spacial score (nSPS) is 12.7. The van der Waals surface area contributed by atoms with Crippen LogP contribution in [0.4, 0.5) is 0 Å². The van der Waals surface area contributed by atoms with Crippen molar-refractivity contribution >= 4 is 34.6 Å². The second-order valence-electron chi connectivity index (χ2n) is 6.80. The first kappa shape index (κ1) is 22.9. The van der Waals surface area contributed by atoms with E-state index in [0.29, 0.717) is 25.0 Å². The zero-order valence-electron chi connectivity index (χ0n) is 16.6. The Morgan fingerprint density at radius 2 is 1.83 bits per heavy atom. The fraction of sp³-hybridized carbons (Fsp3) is 0.400. The van der Waals surface area contributed by atoms with Gasteiger partial charge in [-0.05, 0) is 31.4 Å². The maximum absolute atomic E-state index is 12.3. The van der Waals surface area contributed by atoms with Gasteiger partial charge in [-0.2, -0.15) is 0 Å². The average Bonchev–Trinajstić information content (AvgIpc) is 3.14. The Bertz CT molecular complexity index is 877. The van der Waals surface area contributed by atoms with Gasteiger partial charge in [0.2, 0.25) is 17.7 Å². The van der Waals surface area contributed by atoms with Crippen LogP contribution < -0.4 is 21.7 Å². The molecule has 2 aromatic rings. The largest absolute Gasteiger partial charge is 0.451 e. The summed E-state index contributed by atoms with van der Waals surface area (Å²) in [5.74, 6) is -2.02. The van der Waals surface area contributed by atoms with Crippen molar-refractivity contribution in [3.8, 4) is 0 Å². The summed E-state index contributed by atoms with van der Waals surface area (Å²) in [4.78, 5) is 47.0. The van der Waals surface area contributed by atoms with Crippen LogP contribution in [0.25, 0.3) is 11.0 Å². The van der Waals surface area contributed by atoms with Gasteiger partial charge in [-0.15, -0.1) is 0 Å². The van der Waals surface area contributed by atoms with Crippen molar-refractivity contribution in [3.05, 3.63) is 36.1 Å². The Morgan fingerprint density at radius 3 is 2.47 bits per heavy atom. The summed E-state index contributed by atoms with van der Waals surface area (Å²) in [6, 6.07) is 6.85. The molecule has 6 N–H and O–H groups in total. The molecular weight excluding hydrogens is 392 g/mol. The van der Waals surface area contributed by atoms with Crippen molar-refractivity contribution < 1.29 is 28.7 Å². The molecule has 2 rings (SSSR count). The third kappa shape index (κ3) is 6.59. The number of para-hydroxylation sites is 1. The highest BCUT2D eigenvalue weighted by Gasteiger charge is 2.24. The van der Waals surface area contributed by atoms with Gasteiger partial charge in [0, 0.05) is 18.9 Å². The molecule has 10 nitrogen and oxygen atoms in total. The first-order valence-electron chi connectivity index (χ1n) is 9.56. The monoisotopic (exact) mass is 418 g/mol. The van der Waals surface area contributed by atoms with Gasteiger partial charge in [0.15, 0.2) is 5.76 Å². The molecule has 10 heteroatoms. The van der Waals surface area contributed by atoms with E-state index >= 15 is 0 Å². The standard InChI is InChI=1S/C20H26N4O6/c1-12(26)23-14(19(28)24-15(11-25)18(21)27)7-4-5-9-22-20(29)17-10-13-6-2-3-8-16(13)30-17/h2-3,6,8,10,14-15,25H,4-5,7,9,11H2,1H3,(H2,21,27)(H,22,29)(H,23,26)(H,24,28)/t14-,15?/m0/s1. The van der Waals surface area contributed by atoms with Crippen molar-refractivity contribution in [1.82, 2.24) is 16.0 Å². The third-order valence-electron chi connectivity index (χ3n) is 4.39. The Morgan fingerprint density at radius 1 is 1.10 bits per heavy atom. The second kappa shape index (κ2) is 11.0. The van der Waals surface area contributed by atoms with Crippen molar-refractivity contribution in [2.24, 2.45) is 5.73 Å². The number of nitrogens with two attached hydrogens (primary N) is 1. The number of fused-ring (bicyclic) bond motifs is 1. The highest BCUT2D eigenvalue weighted by Crippen LogP contribution is 2.18. The molecule has 0 bridgehead atoms. The number of hydrogen-bond acceptors (Lipinski definition) is 6. The second-order valence-corrected chi connectivity index (χ2v) is 6.80. The van der Waals surface area contributed by atoms with Crippen molar-refractivity contribution in [3.63, 3.8) is 0 Å². The molecule has 4 amide bonds. The number of rotatable bonds is 11. The van der Waals surface area contributed by atoms with Crippen LogP contribution in [-0.4, -0.2) is 54.0 Å². The lowest BCUT2D eigenvalue weighted by atomic mass is 10.1. The van der Waals surface area contributed by atoms with E-state index < -0.39 is 36.4 Å². The highest BCUT2D eigenvalue weighted by atomic mass is 16.3. The van der Waals surface area contributed by atoms with Crippen molar-refractivity contribution in [2.75, 3.05) is 13.2 Å². The number of aliphatic hydroxyl groups is 1. The number of hydrogen-bond donors (Lipinski definition) is 5. The van der Waals surface area contributed by atoms with Gasteiger partial charge in [0.25, 0.3) is 5.91 Å². The van der Waals surface area contributed by atoms with Crippen LogP contribution in [0.15, 0.2) is 34.7 Å². The lowest BCUT2D eigenvalue weighted by Gasteiger charge is -2.20. The number of furan rings is 1. The minimum Gasteiger partial charge on any atom is -0.451 e. The molecular formula is C20H26N4O6. The molecule has 162 valence electrons. The fourth-order valence-electron chi connectivity index (χ4n) is 2.85. The maximum Gasteiger partial charge on any atom is 0.287 e. The number of nitrogens with one attached hydrogen (secondary N) is 3. The Labute approximate surface area is 173 Å². The number of aliphatic hydroxyl groups excluding tert-OH is 1. The molecule has 1 unspecified atom stereocenters. The topological polar surface area (TPSA) is 164 Å². The summed E-state index contributed by atoms with van der Waals surface area (Å²) in [5, 5.41) is 17.5. The molecule has 0 aliphatic rings. The molecule has 1 heterocycles. The van der Waals surface area contributed by atoms with Gasteiger partial charge in [-0.1, -0.05) is 18.2 Å². The number of carbonyl (C=O) groups excluding carboxylic acids is 4. The average molecular weight is 418 g/mol. The minimum atomic E-state index is -1.23. The number of unbranched alkanes of at least 4 members (excludes halogenated alkanes) is 1. The number of benzene rings is 1. The van der Waals surface area contributed by atoms with E-state index in [4.69, 9.17) is 15.3 Å². The molecule has 1 aromatic carbocycles. The Balaban J connectivity index is 1.79. The van der Waals surface area contributed by atoms with Crippen LogP contribution in [0.1, 0.15) is 36.7 Å². The van der Waals surface area contributed by atoms with Gasteiger partial charge in [0.05, 0.1) is 6.61 Å². The molecule has 0 spiro atoms. The molecule has 0 radical (unpaired) electrons. The number of carbonyl (C=O) groups is 4. The molecule has 0 fully saturated rings. The van der Waals surface area contributed by atoms with Gasteiger partial charge >= 0.3 is 0 Å². The Hall–Kier alpha value is -3.40. The molecule has 0 saturated carbocycles. The summed E-state index contributed by atoms with van der Waals surface area (Å²) >= 11 is 0. The van der Waals surface area contributed by atoms with Crippen LogP contribution in [0.2, 0.25) is 0 Å². The molecule has 30 heavy (non-hydrogen) atoms. The van der Waals surface area contributed by atoms with E-state index in [-0.39, 0.29) is 18.1 Å². The van der Waals surface area contributed by atoms with Gasteiger partial charge in [-0.25, -0.2) is 0 Å². The van der Waals surface area contributed by atoms with E-state index in [1.807, 2.05) is 18.2 Å². The summed E-state index contributed by atoms with van der Waals surface area (Å²) in [6.07, 6.45) is 1.34. The van der Waals surface area contributed by atoms with E-state index in [2.05, 4.69) is 16.0 Å². The maximum atomic E-state index is 12.3. The summed E-state index contributed by atoms with van der Waals surface area (Å²) in [6.45, 7) is 0.984. The zero-order chi connectivity index (χ0) is 22.1. The molecule has 2 atom stereocenters. The van der Waals surface area contributed by atoms with Crippen LogP contribution in [-0.2, 0) is 14.4 Å². The minimum absolute atomic E-state index is 0.216. The lowest BCUT2D eigenvalue weighted by Crippen LogP contribution is -2.53. The first-order chi connectivity index (χ1) is 14.3. The molecule has 1 aromatic heterocycles. The number of primary amides is 1. The predicted molar refractivity (Wildman–Crippen MR) is 108 cm³/mol. The SMILES string of the molecule is CC(=O)N[C@@H](CCCCNC(=O)c1cc2ccccc2o1)C(=O)NC(CO)C(N)=O. The van der Waals surface area contributed by atoms with E-state index in [0.717, 1.165) is 5.39 Å². The van der Waals surface area contributed by atoms with E-state index in [1.165, 1.54) is 6.92 Å². The van der Waals surface area contributed by atoms with Crippen LogP contribution in [0, 0.1) is 0 Å². The van der Waals surface area contributed by atoms with Gasteiger partial charge in [0.1, 0.15) is 17.7 Å². The smallest absolute Gasteiger partial charge is 0.287 e. The fourth-order valence-corrected chi connectivity index (χ4v) is 2.85. The lowest BCUT2D eigenvalue weighted by molar-refractivity contribution is -0.131. The van der Waals surface area contributed by atoms with Crippen LogP contribution in [0.5, 0.6) is 0 Å². The zero-order valence-corrected chi connectivity index (χ0v) is 16.6. The highest BCUT2D eigenvalue weighted by molar-refractivity contribution is 5.96. The third-order valence-corrected chi connectivity index (χ3v) is 4.39.